The molecule has 0 aromatic heterocycles. The Morgan fingerprint density at radius 2 is 2.06 bits per heavy atom. The van der Waals surface area contributed by atoms with E-state index < -0.39 is 11.9 Å². The second-order valence-corrected chi connectivity index (χ2v) is 5.52. The van der Waals surface area contributed by atoms with E-state index in [9.17, 15) is 9.59 Å². The molecule has 0 radical (unpaired) electrons. The van der Waals surface area contributed by atoms with Crippen molar-refractivity contribution in [1.82, 2.24) is 10.2 Å². The van der Waals surface area contributed by atoms with Crippen LogP contribution in [0.1, 0.15) is 39.0 Å². The highest BCUT2D eigenvalue weighted by atomic mass is 16.4. The highest BCUT2D eigenvalue weighted by Crippen LogP contribution is 2.35. The van der Waals surface area contributed by atoms with E-state index in [1.165, 1.54) is 19.3 Å². The highest BCUT2D eigenvalue weighted by Gasteiger charge is 2.38. The number of hydrogen-bond acceptors (Lipinski definition) is 2. The number of hydrogen-bond donors (Lipinski definition) is 2. The number of rotatable bonds is 3. The number of carbonyl (C=O) groups excluding carboxylic acids is 1. The molecule has 5 heteroatoms. The molecule has 2 aliphatic rings. The van der Waals surface area contributed by atoms with Gasteiger partial charge in [0.25, 0.3) is 0 Å². The molecular formula is C13H22N2O3. The maximum atomic E-state index is 12.0. The number of fused-ring (bicyclic) bond motifs is 1. The fraction of sp³-hybridized carbons (Fsp3) is 0.846. The van der Waals surface area contributed by atoms with Gasteiger partial charge in [0, 0.05) is 19.1 Å². The summed E-state index contributed by atoms with van der Waals surface area (Å²) in [5.74, 6) is -0.729. The topological polar surface area (TPSA) is 69.6 Å². The van der Waals surface area contributed by atoms with Crippen molar-refractivity contribution >= 4 is 12.0 Å². The van der Waals surface area contributed by atoms with Gasteiger partial charge < -0.3 is 15.3 Å². The molecule has 0 aromatic carbocycles. The van der Waals surface area contributed by atoms with Crippen LogP contribution < -0.4 is 5.32 Å². The molecule has 1 saturated carbocycles. The zero-order valence-corrected chi connectivity index (χ0v) is 10.9. The number of carbonyl (C=O) groups is 2. The molecule has 1 aliphatic heterocycles. The van der Waals surface area contributed by atoms with Crippen molar-refractivity contribution in [2.75, 3.05) is 13.1 Å². The van der Waals surface area contributed by atoms with Gasteiger partial charge in [0.15, 0.2) is 0 Å². The first-order valence-electron chi connectivity index (χ1n) is 6.87. The first-order valence-corrected chi connectivity index (χ1v) is 6.87. The number of nitrogens with one attached hydrogen (secondary N) is 1. The average molecular weight is 254 g/mol. The van der Waals surface area contributed by atoms with Gasteiger partial charge in [-0.2, -0.15) is 0 Å². The number of carboxylic acids is 1. The Hall–Kier alpha value is -1.26. The van der Waals surface area contributed by atoms with Crippen LogP contribution in [0.25, 0.3) is 0 Å². The van der Waals surface area contributed by atoms with Gasteiger partial charge in [-0.1, -0.05) is 19.8 Å². The standard InChI is InChI=1S/C13H22N2O3/c1-9(12(16)17)8-14-13(18)15-7-6-10-4-2-3-5-11(10)15/h9-11H,2-8H2,1H3,(H,14,18)(H,16,17). The molecule has 0 aromatic rings. The molecule has 1 saturated heterocycles. The van der Waals surface area contributed by atoms with E-state index in [0.29, 0.717) is 12.0 Å². The molecule has 102 valence electrons. The molecule has 2 fully saturated rings. The molecule has 3 unspecified atom stereocenters. The number of amides is 2. The lowest BCUT2D eigenvalue weighted by Crippen LogP contribution is -2.46. The lowest BCUT2D eigenvalue weighted by molar-refractivity contribution is -0.140. The number of urea groups is 1. The molecule has 1 heterocycles. The van der Waals surface area contributed by atoms with E-state index in [1.807, 2.05) is 4.90 Å². The summed E-state index contributed by atoms with van der Waals surface area (Å²) >= 11 is 0. The van der Waals surface area contributed by atoms with Gasteiger partial charge in [-0.05, 0) is 25.2 Å². The van der Waals surface area contributed by atoms with Crippen LogP contribution in [0, 0.1) is 11.8 Å². The van der Waals surface area contributed by atoms with Crippen molar-refractivity contribution in [2.45, 2.75) is 45.1 Å². The van der Waals surface area contributed by atoms with Crippen LogP contribution in [0.4, 0.5) is 4.79 Å². The van der Waals surface area contributed by atoms with E-state index in [1.54, 1.807) is 6.92 Å². The number of aliphatic carboxylic acids is 1. The van der Waals surface area contributed by atoms with Crippen LogP contribution in [0.2, 0.25) is 0 Å². The van der Waals surface area contributed by atoms with Gasteiger partial charge in [0.1, 0.15) is 0 Å². The Morgan fingerprint density at radius 3 is 2.78 bits per heavy atom. The number of nitrogens with zero attached hydrogens (tertiary/aromatic N) is 1. The second kappa shape index (κ2) is 5.59. The van der Waals surface area contributed by atoms with Crippen LogP contribution in [-0.2, 0) is 4.79 Å². The van der Waals surface area contributed by atoms with Gasteiger partial charge in [0.05, 0.1) is 5.92 Å². The molecule has 0 bridgehead atoms. The van der Waals surface area contributed by atoms with Crippen LogP contribution >= 0.6 is 0 Å². The molecule has 3 atom stereocenters. The minimum atomic E-state index is -0.868. The number of carboxylic acid groups (broad SMARTS) is 1. The summed E-state index contributed by atoms with van der Waals surface area (Å²) in [6, 6.07) is 0.302. The predicted octanol–water partition coefficient (Wildman–Crippen LogP) is 1.68. The third kappa shape index (κ3) is 2.76. The molecule has 2 amide bonds. The van der Waals surface area contributed by atoms with E-state index in [4.69, 9.17) is 5.11 Å². The average Bonchev–Trinajstić information content (AvgIpc) is 2.79. The van der Waals surface area contributed by atoms with E-state index in [0.717, 1.165) is 19.4 Å². The van der Waals surface area contributed by atoms with Crippen molar-refractivity contribution in [3.05, 3.63) is 0 Å². The molecule has 1 aliphatic carbocycles. The lowest BCUT2D eigenvalue weighted by atomic mass is 9.85. The maximum Gasteiger partial charge on any atom is 0.317 e. The zero-order valence-electron chi connectivity index (χ0n) is 10.9. The van der Waals surface area contributed by atoms with Crippen LogP contribution in [-0.4, -0.2) is 41.1 Å². The van der Waals surface area contributed by atoms with Gasteiger partial charge >= 0.3 is 12.0 Å². The van der Waals surface area contributed by atoms with Crippen molar-refractivity contribution in [3.8, 4) is 0 Å². The van der Waals surface area contributed by atoms with Crippen molar-refractivity contribution in [3.63, 3.8) is 0 Å². The fourth-order valence-corrected chi connectivity index (χ4v) is 3.09. The first kappa shape index (κ1) is 13.2. The highest BCUT2D eigenvalue weighted by molar-refractivity contribution is 5.76. The van der Waals surface area contributed by atoms with Crippen LogP contribution in [0.3, 0.4) is 0 Å². The Balaban J connectivity index is 1.84. The van der Waals surface area contributed by atoms with Crippen molar-refractivity contribution in [2.24, 2.45) is 11.8 Å². The molecular weight excluding hydrogens is 232 g/mol. The first-order chi connectivity index (χ1) is 8.59. The van der Waals surface area contributed by atoms with Gasteiger partial charge in [-0.15, -0.1) is 0 Å². The van der Waals surface area contributed by atoms with Gasteiger partial charge in [-0.3, -0.25) is 4.79 Å². The Bertz CT molecular complexity index is 332. The van der Waals surface area contributed by atoms with E-state index in [2.05, 4.69) is 5.32 Å². The van der Waals surface area contributed by atoms with Gasteiger partial charge in [0.2, 0.25) is 0 Å². The summed E-state index contributed by atoms with van der Waals surface area (Å²) in [5, 5.41) is 11.5. The fourth-order valence-electron chi connectivity index (χ4n) is 3.09. The summed E-state index contributed by atoms with van der Waals surface area (Å²) in [5.41, 5.74) is 0. The Kier molecular flexibility index (Phi) is 4.09. The SMILES string of the molecule is CC(CNC(=O)N1CCC2CCCCC21)C(=O)O. The van der Waals surface area contributed by atoms with Crippen LogP contribution in [0.5, 0.6) is 0 Å². The molecule has 0 spiro atoms. The smallest absolute Gasteiger partial charge is 0.317 e. The largest absolute Gasteiger partial charge is 0.481 e. The Morgan fingerprint density at radius 1 is 1.33 bits per heavy atom. The quantitative estimate of drug-likeness (QED) is 0.805. The zero-order chi connectivity index (χ0) is 13.1. The van der Waals surface area contributed by atoms with Crippen molar-refractivity contribution in [1.29, 1.82) is 0 Å². The normalized spacial score (nSPS) is 28.6. The Labute approximate surface area is 108 Å². The van der Waals surface area contributed by atoms with Crippen molar-refractivity contribution < 1.29 is 14.7 Å². The number of likely N-dealkylation sites (tertiary alicyclic amines) is 1. The third-order valence-corrected chi connectivity index (χ3v) is 4.25. The van der Waals surface area contributed by atoms with Crippen LogP contribution in [0.15, 0.2) is 0 Å². The third-order valence-electron chi connectivity index (χ3n) is 4.25. The van der Waals surface area contributed by atoms with E-state index in [-0.39, 0.29) is 12.6 Å². The minimum absolute atomic E-state index is 0.0856. The molecule has 5 nitrogen and oxygen atoms in total. The summed E-state index contributed by atoms with van der Waals surface area (Å²) in [4.78, 5) is 24.7. The lowest BCUT2D eigenvalue weighted by Gasteiger charge is -2.31. The summed E-state index contributed by atoms with van der Waals surface area (Å²) in [6.07, 6.45) is 5.93. The second-order valence-electron chi connectivity index (χ2n) is 5.52. The molecule has 18 heavy (non-hydrogen) atoms. The molecule has 2 rings (SSSR count). The summed E-state index contributed by atoms with van der Waals surface area (Å²) in [7, 11) is 0. The summed E-state index contributed by atoms with van der Waals surface area (Å²) < 4.78 is 0. The monoisotopic (exact) mass is 254 g/mol. The van der Waals surface area contributed by atoms with E-state index >= 15 is 0 Å². The maximum absolute atomic E-state index is 12.0. The minimum Gasteiger partial charge on any atom is -0.481 e. The summed E-state index contributed by atoms with van der Waals surface area (Å²) in [6.45, 7) is 2.64. The molecule has 2 N–H and O–H groups in total. The predicted molar refractivity (Wildman–Crippen MR) is 67.3 cm³/mol. The van der Waals surface area contributed by atoms with Gasteiger partial charge in [-0.25, -0.2) is 4.79 Å².